The van der Waals surface area contributed by atoms with Gasteiger partial charge in [-0.25, -0.2) is 4.39 Å². The molecule has 0 aliphatic carbocycles. The number of thioether (sulfide) groups is 1. The summed E-state index contributed by atoms with van der Waals surface area (Å²) in [5.74, 6) is 0. The molecule has 0 heterocycles. The Labute approximate surface area is 87.9 Å². The van der Waals surface area contributed by atoms with Gasteiger partial charge in [0, 0.05) is 10.1 Å². The van der Waals surface area contributed by atoms with Gasteiger partial charge in [0.1, 0.15) is 6.67 Å². The van der Waals surface area contributed by atoms with Gasteiger partial charge >= 0.3 is 0 Å². The fourth-order valence-electron chi connectivity index (χ4n) is 1.12. The molecule has 0 spiro atoms. The van der Waals surface area contributed by atoms with Gasteiger partial charge in [-0.2, -0.15) is 5.26 Å². The summed E-state index contributed by atoms with van der Waals surface area (Å²) in [7, 11) is 0. The summed E-state index contributed by atoms with van der Waals surface area (Å²) in [5, 5.41) is 9.08. The van der Waals surface area contributed by atoms with E-state index in [9.17, 15) is 4.39 Å². The maximum absolute atomic E-state index is 12.6. The Morgan fingerprint density at radius 2 is 2.21 bits per heavy atom. The van der Waals surface area contributed by atoms with Gasteiger partial charge in [0.25, 0.3) is 0 Å². The van der Waals surface area contributed by atoms with Gasteiger partial charge in [-0.15, -0.1) is 11.8 Å². The van der Waals surface area contributed by atoms with Crippen LogP contribution in [0.4, 0.5) is 4.39 Å². The van der Waals surface area contributed by atoms with E-state index in [4.69, 9.17) is 5.26 Å². The van der Waals surface area contributed by atoms with E-state index in [0.29, 0.717) is 16.4 Å². The Balaban J connectivity index is 3.00. The van der Waals surface area contributed by atoms with Crippen LogP contribution in [0.1, 0.15) is 25.0 Å². The maximum Gasteiger partial charge on any atom is 0.116 e. The zero-order valence-corrected chi connectivity index (χ0v) is 9.07. The summed E-state index contributed by atoms with van der Waals surface area (Å²) >= 11 is 1.62. The SMILES string of the molecule is CC(C)Sc1ccc(C#N)cc1CF. The Hall–Kier alpha value is -1.01. The minimum Gasteiger partial charge on any atom is -0.246 e. The third kappa shape index (κ3) is 2.74. The summed E-state index contributed by atoms with van der Waals surface area (Å²) in [4.78, 5) is 0.932. The molecule has 0 radical (unpaired) electrons. The molecular weight excluding hydrogens is 197 g/mol. The maximum atomic E-state index is 12.6. The highest BCUT2D eigenvalue weighted by Crippen LogP contribution is 2.27. The van der Waals surface area contributed by atoms with E-state index < -0.39 is 6.67 Å². The molecule has 1 nitrogen and oxygen atoms in total. The largest absolute Gasteiger partial charge is 0.246 e. The van der Waals surface area contributed by atoms with Crippen molar-refractivity contribution in [3.63, 3.8) is 0 Å². The van der Waals surface area contributed by atoms with Crippen molar-refractivity contribution in [2.45, 2.75) is 30.7 Å². The van der Waals surface area contributed by atoms with Gasteiger partial charge in [-0.05, 0) is 23.8 Å². The minimum absolute atomic E-state index is 0.424. The van der Waals surface area contributed by atoms with E-state index >= 15 is 0 Å². The summed E-state index contributed by atoms with van der Waals surface area (Å²) < 4.78 is 12.6. The molecule has 0 saturated heterocycles. The lowest BCUT2D eigenvalue weighted by molar-refractivity contribution is 0.480. The van der Waals surface area contributed by atoms with Crippen molar-refractivity contribution in [1.29, 1.82) is 5.26 Å². The predicted molar refractivity (Wildman–Crippen MR) is 57.0 cm³/mol. The van der Waals surface area contributed by atoms with Crippen molar-refractivity contribution in [2.75, 3.05) is 0 Å². The summed E-state index contributed by atoms with van der Waals surface area (Å²) in [6, 6.07) is 7.17. The fraction of sp³-hybridized carbons (Fsp3) is 0.364. The molecular formula is C11H12FNS. The van der Waals surface area contributed by atoms with Crippen molar-refractivity contribution in [2.24, 2.45) is 0 Å². The highest BCUT2D eigenvalue weighted by molar-refractivity contribution is 8.00. The van der Waals surface area contributed by atoms with Crippen molar-refractivity contribution in [3.05, 3.63) is 29.3 Å². The van der Waals surface area contributed by atoms with Gasteiger partial charge in [0.2, 0.25) is 0 Å². The van der Waals surface area contributed by atoms with E-state index in [-0.39, 0.29) is 0 Å². The third-order valence-corrected chi connectivity index (χ3v) is 2.82. The van der Waals surface area contributed by atoms with Crippen LogP contribution in [-0.4, -0.2) is 5.25 Å². The Morgan fingerprint density at radius 3 is 2.71 bits per heavy atom. The average molecular weight is 209 g/mol. The van der Waals surface area contributed by atoms with E-state index in [2.05, 4.69) is 13.8 Å². The topological polar surface area (TPSA) is 23.8 Å². The number of hydrogen-bond acceptors (Lipinski definition) is 2. The second-order valence-corrected chi connectivity index (χ2v) is 4.85. The van der Waals surface area contributed by atoms with Gasteiger partial charge in [-0.3, -0.25) is 0 Å². The van der Waals surface area contributed by atoms with Gasteiger partial charge in [0.15, 0.2) is 0 Å². The number of rotatable bonds is 3. The zero-order valence-electron chi connectivity index (χ0n) is 8.25. The molecule has 0 aliphatic heterocycles. The molecule has 0 atom stereocenters. The van der Waals surface area contributed by atoms with Crippen molar-refractivity contribution in [3.8, 4) is 6.07 Å². The van der Waals surface area contributed by atoms with Crippen molar-refractivity contribution in [1.82, 2.24) is 0 Å². The Bertz CT molecular complexity index is 355. The average Bonchev–Trinajstić information content (AvgIpc) is 2.17. The van der Waals surface area contributed by atoms with Gasteiger partial charge in [0.05, 0.1) is 11.6 Å². The monoisotopic (exact) mass is 209 g/mol. The Morgan fingerprint density at radius 1 is 1.50 bits per heavy atom. The number of alkyl halides is 1. The normalized spacial score (nSPS) is 10.2. The molecule has 0 aliphatic rings. The molecule has 0 aromatic heterocycles. The first kappa shape index (κ1) is 11.1. The van der Waals surface area contributed by atoms with Gasteiger partial charge < -0.3 is 0 Å². The van der Waals surface area contributed by atoms with Crippen LogP contribution >= 0.6 is 11.8 Å². The van der Waals surface area contributed by atoms with E-state index in [0.717, 1.165) is 4.90 Å². The number of halogens is 1. The Kier molecular flexibility index (Phi) is 3.97. The molecule has 0 bridgehead atoms. The smallest absolute Gasteiger partial charge is 0.116 e. The lowest BCUT2D eigenvalue weighted by atomic mass is 10.1. The first-order valence-electron chi connectivity index (χ1n) is 4.43. The van der Waals surface area contributed by atoms with E-state index in [1.165, 1.54) is 0 Å². The highest BCUT2D eigenvalue weighted by atomic mass is 32.2. The van der Waals surface area contributed by atoms with Crippen LogP contribution in [0.5, 0.6) is 0 Å². The van der Waals surface area contributed by atoms with Gasteiger partial charge in [-0.1, -0.05) is 13.8 Å². The van der Waals surface area contributed by atoms with Crippen LogP contribution in [0.25, 0.3) is 0 Å². The van der Waals surface area contributed by atoms with Crippen LogP contribution < -0.4 is 0 Å². The number of nitrogens with zero attached hydrogens (tertiary/aromatic N) is 1. The molecule has 1 rings (SSSR count). The lowest BCUT2D eigenvalue weighted by Crippen LogP contribution is -1.91. The molecule has 74 valence electrons. The molecule has 0 unspecified atom stereocenters. The predicted octanol–water partition coefficient (Wildman–Crippen LogP) is 3.53. The van der Waals surface area contributed by atoms with E-state index in [1.807, 2.05) is 12.1 Å². The lowest BCUT2D eigenvalue weighted by Gasteiger charge is -2.08. The first-order valence-corrected chi connectivity index (χ1v) is 5.31. The fourth-order valence-corrected chi connectivity index (χ4v) is 2.04. The molecule has 0 amide bonds. The molecule has 1 aromatic rings. The van der Waals surface area contributed by atoms with Crippen LogP contribution in [-0.2, 0) is 6.67 Å². The molecule has 0 N–H and O–H groups in total. The number of hydrogen-bond donors (Lipinski definition) is 0. The first-order chi connectivity index (χ1) is 6.67. The van der Waals surface area contributed by atoms with Crippen LogP contribution in [0.3, 0.4) is 0 Å². The summed E-state index contributed by atoms with van der Waals surface area (Å²) in [6.45, 7) is 3.61. The van der Waals surface area contributed by atoms with Crippen molar-refractivity contribution < 1.29 is 4.39 Å². The van der Waals surface area contributed by atoms with Crippen molar-refractivity contribution >= 4 is 11.8 Å². The second-order valence-electron chi connectivity index (χ2n) is 3.23. The highest BCUT2D eigenvalue weighted by Gasteiger charge is 2.06. The van der Waals surface area contributed by atoms with Crippen LogP contribution in [0.15, 0.2) is 23.1 Å². The molecule has 0 saturated carbocycles. The second kappa shape index (κ2) is 5.02. The quantitative estimate of drug-likeness (QED) is 0.711. The molecule has 3 heteroatoms. The number of benzene rings is 1. The minimum atomic E-state index is -0.509. The number of nitriles is 1. The van der Waals surface area contributed by atoms with Crippen LogP contribution in [0, 0.1) is 11.3 Å². The molecule has 0 fully saturated rings. The zero-order chi connectivity index (χ0) is 10.6. The van der Waals surface area contributed by atoms with Crippen LogP contribution in [0.2, 0.25) is 0 Å². The standard InChI is InChI=1S/C11H12FNS/c1-8(2)14-11-4-3-9(7-13)5-10(11)6-12/h3-5,8H,6H2,1-2H3. The third-order valence-electron chi connectivity index (χ3n) is 1.70. The summed E-state index contributed by atoms with van der Waals surface area (Å²) in [5.41, 5.74) is 1.13. The van der Waals surface area contributed by atoms with E-state index in [1.54, 1.807) is 23.9 Å². The molecule has 14 heavy (non-hydrogen) atoms. The molecule has 1 aromatic carbocycles. The summed E-state index contributed by atoms with van der Waals surface area (Å²) in [6.07, 6.45) is 0.